The predicted molar refractivity (Wildman–Crippen MR) is 106 cm³/mol. The van der Waals surface area contributed by atoms with Gasteiger partial charge in [-0.1, -0.05) is 30.3 Å². The molecule has 1 saturated heterocycles. The molecule has 0 bridgehead atoms. The zero-order valence-corrected chi connectivity index (χ0v) is 17.6. The van der Waals surface area contributed by atoms with Crippen LogP contribution >= 0.6 is 15.9 Å². The first-order valence-electron chi connectivity index (χ1n) is 9.32. The number of carboxylic acids is 1. The molecule has 1 aromatic carbocycles. The molecule has 0 atom stereocenters. The number of ether oxygens (including phenoxy) is 2. The van der Waals surface area contributed by atoms with Gasteiger partial charge in [-0.05, 0) is 34.3 Å². The molecule has 1 N–H and O–H groups in total. The molecule has 4 rings (SSSR count). The van der Waals surface area contributed by atoms with Crippen molar-refractivity contribution in [3.8, 4) is 0 Å². The van der Waals surface area contributed by atoms with Gasteiger partial charge in [0.25, 0.3) is 0 Å². The molecular weight excluding hydrogens is 442 g/mol. The molecule has 8 nitrogen and oxygen atoms in total. The summed E-state index contributed by atoms with van der Waals surface area (Å²) in [5.74, 6) is -0.320. The molecule has 154 valence electrons. The Morgan fingerprint density at radius 3 is 2.52 bits per heavy atom. The summed E-state index contributed by atoms with van der Waals surface area (Å²) in [6, 6.07) is 9.55. The fourth-order valence-corrected chi connectivity index (χ4v) is 4.94. The second kappa shape index (κ2) is 7.46. The molecule has 2 heterocycles. The highest BCUT2D eigenvalue weighted by Gasteiger charge is 2.64. The average molecular weight is 464 g/mol. The standard InChI is InChI=1S/C20H22BrN3O5/c1-23-7-15(21)22-17(23)20(29-9-16(25)26)10-19(11-20)12-24(13-19)18(27)28-8-14-5-3-2-4-6-14/h2-7H,8-13H2,1H3,(H,25,26). The first kappa shape index (κ1) is 19.9. The number of benzene rings is 1. The molecule has 1 saturated carbocycles. The van der Waals surface area contributed by atoms with Crippen molar-refractivity contribution >= 4 is 28.0 Å². The van der Waals surface area contributed by atoms with E-state index in [1.54, 1.807) is 4.90 Å². The second-order valence-corrected chi connectivity index (χ2v) is 8.74. The molecular formula is C20H22BrN3O5. The smallest absolute Gasteiger partial charge is 0.410 e. The summed E-state index contributed by atoms with van der Waals surface area (Å²) in [6.07, 6.45) is 2.73. The zero-order valence-electron chi connectivity index (χ0n) is 16.0. The number of carbonyl (C=O) groups is 2. The maximum absolute atomic E-state index is 12.3. The summed E-state index contributed by atoms with van der Waals surface area (Å²) in [5, 5.41) is 9.06. The average Bonchev–Trinajstić information content (AvgIpc) is 2.97. The van der Waals surface area contributed by atoms with Crippen LogP contribution in [0.2, 0.25) is 0 Å². The van der Waals surface area contributed by atoms with Crippen molar-refractivity contribution in [1.29, 1.82) is 0 Å². The van der Waals surface area contributed by atoms with E-state index in [0.717, 1.165) is 5.56 Å². The zero-order chi connectivity index (χ0) is 20.6. The highest BCUT2D eigenvalue weighted by atomic mass is 79.9. The Bertz CT molecular complexity index is 915. The van der Waals surface area contributed by atoms with Crippen molar-refractivity contribution in [3.05, 3.63) is 52.5 Å². The van der Waals surface area contributed by atoms with Crippen LogP contribution in [0.1, 0.15) is 24.2 Å². The van der Waals surface area contributed by atoms with E-state index < -0.39 is 11.6 Å². The summed E-state index contributed by atoms with van der Waals surface area (Å²) >= 11 is 3.36. The van der Waals surface area contributed by atoms with Gasteiger partial charge in [0.15, 0.2) is 0 Å². The van der Waals surface area contributed by atoms with Gasteiger partial charge >= 0.3 is 12.1 Å². The lowest BCUT2D eigenvalue weighted by atomic mass is 9.54. The van der Waals surface area contributed by atoms with Gasteiger partial charge in [0.2, 0.25) is 0 Å². The Morgan fingerprint density at radius 2 is 1.93 bits per heavy atom. The van der Waals surface area contributed by atoms with E-state index in [2.05, 4.69) is 20.9 Å². The minimum atomic E-state index is -1.02. The fraction of sp³-hybridized carbons (Fsp3) is 0.450. The molecule has 1 aliphatic heterocycles. The fourth-order valence-electron chi connectivity index (χ4n) is 4.46. The highest BCUT2D eigenvalue weighted by Crippen LogP contribution is 2.60. The topological polar surface area (TPSA) is 93.9 Å². The number of hydrogen-bond acceptors (Lipinski definition) is 5. The van der Waals surface area contributed by atoms with E-state index in [1.165, 1.54) is 0 Å². The summed E-state index contributed by atoms with van der Waals surface area (Å²) in [5.41, 5.74) is 0.114. The van der Waals surface area contributed by atoms with E-state index in [4.69, 9.17) is 14.6 Å². The number of halogens is 1. The second-order valence-electron chi connectivity index (χ2n) is 7.92. The van der Waals surface area contributed by atoms with Gasteiger partial charge in [0.05, 0.1) is 0 Å². The summed E-state index contributed by atoms with van der Waals surface area (Å²) in [4.78, 5) is 29.5. The number of likely N-dealkylation sites (tertiary alicyclic amines) is 1. The number of imidazole rings is 1. The van der Waals surface area contributed by atoms with Crippen molar-refractivity contribution in [2.45, 2.75) is 25.0 Å². The predicted octanol–water partition coefficient (Wildman–Crippen LogP) is 2.91. The van der Waals surface area contributed by atoms with Crippen LogP contribution in [0.5, 0.6) is 0 Å². The third kappa shape index (κ3) is 3.89. The number of carboxylic acid groups (broad SMARTS) is 1. The van der Waals surface area contributed by atoms with Crippen molar-refractivity contribution in [2.75, 3.05) is 19.7 Å². The Labute approximate surface area is 176 Å². The molecule has 0 unspecified atom stereocenters. The van der Waals surface area contributed by atoms with Gasteiger partial charge in [-0.15, -0.1) is 0 Å². The van der Waals surface area contributed by atoms with Gasteiger partial charge in [0.1, 0.15) is 29.2 Å². The number of nitrogens with zero attached hydrogens (tertiary/aromatic N) is 3. The number of amides is 1. The Kier molecular flexibility index (Phi) is 5.12. The molecule has 2 aromatic rings. The number of aliphatic carboxylic acids is 1. The van der Waals surface area contributed by atoms with Crippen LogP contribution in [0.4, 0.5) is 4.79 Å². The number of carbonyl (C=O) groups excluding carboxylic acids is 1. The molecule has 1 aromatic heterocycles. The molecule has 1 amide bonds. The number of rotatable bonds is 6. The Hall–Kier alpha value is -2.39. The normalized spacial score (nSPS) is 18.8. The van der Waals surface area contributed by atoms with Crippen LogP contribution in [0.25, 0.3) is 0 Å². The highest BCUT2D eigenvalue weighted by molar-refractivity contribution is 9.10. The van der Waals surface area contributed by atoms with E-state index >= 15 is 0 Å². The molecule has 0 radical (unpaired) electrons. The van der Waals surface area contributed by atoms with Crippen molar-refractivity contribution in [3.63, 3.8) is 0 Å². The molecule has 29 heavy (non-hydrogen) atoms. The Balaban J connectivity index is 1.36. The van der Waals surface area contributed by atoms with Crippen LogP contribution in [0.15, 0.2) is 41.1 Å². The summed E-state index contributed by atoms with van der Waals surface area (Å²) < 4.78 is 13.7. The van der Waals surface area contributed by atoms with Crippen molar-refractivity contribution in [1.82, 2.24) is 14.5 Å². The first-order valence-corrected chi connectivity index (χ1v) is 10.1. The third-order valence-corrected chi connectivity index (χ3v) is 5.95. The van der Waals surface area contributed by atoms with E-state index in [0.29, 0.717) is 36.4 Å². The first-order chi connectivity index (χ1) is 13.8. The molecule has 2 aliphatic rings. The van der Waals surface area contributed by atoms with Gasteiger partial charge in [-0.25, -0.2) is 14.6 Å². The van der Waals surface area contributed by atoms with Gasteiger partial charge in [-0.3, -0.25) is 0 Å². The molecule has 1 spiro atoms. The maximum Gasteiger partial charge on any atom is 0.410 e. The number of hydrogen-bond donors (Lipinski definition) is 1. The van der Waals surface area contributed by atoms with Crippen molar-refractivity contribution in [2.24, 2.45) is 12.5 Å². The van der Waals surface area contributed by atoms with Gasteiger partial charge in [-0.2, -0.15) is 0 Å². The van der Waals surface area contributed by atoms with E-state index in [1.807, 2.05) is 48.1 Å². The monoisotopic (exact) mass is 463 g/mol. The van der Waals surface area contributed by atoms with Crippen LogP contribution in [-0.4, -0.2) is 51.3 Å². The maximum atomic E-state index is 12.3. The lowest BCUT2D eigenvalue weighted by Crippen LogP contribution is -2.69. The molecule has 1 aliphatic carbocycles. The van der Waals surface area contributed by atoms with Gasteiger partial charge < -0.3 is 24.0 Å². The summed E-state index contributed by atoms with van der Waals surface area (Å²) in [7, 11) is 1.86. The van der Waals surface area contributed by atoms with E-state index in [-0.39, 0.29) is 24.7 Å². The Morgan fingerprint density at radius 1 is 1.24 bits per heavy atom. The largest absolute Gasteiger partial charge is 0.480 e. The van der Waals surface area contributed by atoms with Crippen LogP contribution in [0.3, 0.4) is 0 Å². The quantitative estimate of drug-likeness (QED) is 0.707. The lowest BCUT2D eigenvalue weighted by molar-refractivity contribution is -0.223. The minimum absolute atomic E-state index is 0.0807. The van der Waals surface area contributed by atoms with E-state index in [9.17, 15) is 9.59 Å². The molecule has 9 heteroatoms. The molecule has 2 fully saturated rings. The third-order valence-electron chi connectivity index (χ3n) is 5.56. The lowest BCUT2D eigenvalue weighted by Gasteiger charge is -2.62. The van der Waals surface area contributed by atoms with Crippen molar-refractivity contribution < 1.29 is 24.2 Å². The van der Waals surface area contributed by atoms with Crippen LogP contribution in [-0.2, 0) is 33.5 Å². The minimum Gasteiger partial charge on any atom is -0.480 e. The van der Waals surface area contributed by atoms with Gasteiger partial charge in [0, 0.05) is 31.7 Å². The summed E-state index contributed by atoms with van der Waals surface area (Å²) in [6.45, 7) is 1.01. The number of aromatic nitrogens is 2. The van der Waals surface area contributed by atoms with Crippen LogP contribution in [0, 0.1) is 5.41 Å². The number of aryl methyl sites for hydroxylation is 1. The SMILES string of the molecule is Cn1cc(Br)nc1C1(OCC(=O)O)CC2(CN(C(=O)OCc3ccccc3)C2)C1. The van der Waals surface area contributed by atoms with Crippen LogP contribution < -0.4 is 0 Å².